The van der Waals surface area contributed by atoms with Crippen LogP contribution < -0.4 is 82.1 Å². The number of carboxylic acid groups (broad SMARTS) is 5. The van der Waals surface area contributed by atoms with Gasteiger partial charge in [0.15, 0.2) is 33.5 Å². The largest absolute Gasteiger partial charge is 0.481 e. The molecule has 26 N–H and O–H groups in total. The lowest BCUT2D eigenvalue weighted by Gasteiger charge is -2.15. The number of benzene rings is 3. The smallest absolute Gasteiger partial charge is 0.326 e. The highest BCUT2D eigenvalue weighted by molar-refractivity contribution is 5.99. The van der Waals surface area contributed by atoms with Gasteiger partial charge in [0.05, 0.1) is 187 Å². The molecular weight excluding hydrogens is 1850 g/mol. The number of carboxylic acids is 5. The van der Waals surface area contributed by atoms with Crippen molar-refractivity contribution in [2.24, 2.45) is 5.73 Å². The fourth-order valence-electron chi connectivity index (χ4n) is 11.1. The Morgan fingerprint density at radius 2 is 0.629 bits per heavy atom. The number of amides is 5. The summed E-state index contributed by atoms with van der Waals surface area (Å²) >= 11 is 0. The Morgan fingerprint density at radius 3 is 0.893 bits per heavy atom. The molecule has 0 radical (unpaired) electrons. The summed E-state index contributed by atoms with van der Waals surface area (Å²) in [5, 5.41) is 83.0. The van der Waals surface area contributed by atoms with Crippen LogP contribution in [0.4, 0.5) is 34.9 Å². The first kappa shape index (κ1) is 115. The van der Waals surface area contributed by atoms with Gasteiger partial charge < -0.3 is 149 Å². The van der Waals surface area contributed by atoms with Crippen LogP contribution in [-0.4, -0.2) is 337 Å². The van der Waals surface area contributed by atoms with Crippen LogP contribution in [0.25, 0.3) is 33.5 Å². The summed E-state index contributed by atoms with van der Waals surface area (Å²) in [6, 6.07) is 14.9. The molecule has 0 spiro atoms. The number of rotatable bonds is 60. The number of ether oxygens (including phenoxy) is 10. The number of nitrogens with two attached hydrogens (primary N) is 4. The summed E-state index contributed by atoms with van der Waals surface area (Å²) in [7, 11) is 0. The van der Waals surface area contributed by atoms with Crippen LogP contribution in [0, 0.1) is 0 Å². The van der Waals surface area contributed by atoms with Gasteiger partial charge in [-0.1, -0.05) is 0 Å². The van der Waals surface area contributed by atoms with E-state index >= 15 is 0 Å². The van der Waals surface area contributed by atoms with E-state index in [0.717, 1.165) is 6.92 Å². The monoisotopic (exact) mass is 1970 g/mol. The van der Waals surface area contributed by atoms with Crippen molar-refractivity contribution in [1.82, 2.24) is 86.4 Å². The van der Waals surface area contributed by atoms with Crippen molar-refractivity contribution in [3.63, 3.8) is 0 Å². The normalized spacial score (nSPS) is 11.3. The van der Waals surface area contributed by atoms with Gasteiger partial charge in [0.2, 0.25) is 29.7 Å². The number of H-pyrrole nitrogens is 3. The molecule has 9 rings (SSSR count). The number of nitrogens with one attached hydrogen (secondary N) is 11. The highest BCUT2D eigenvalue weighted by Crippen LogP contribution is 2.18. The SMILES string of the molecule is CC(=O)O.CC(=O)OCCOCCOCCOCCNC(=O)CCC(NC(=O)c1ccc(NCc2cnc3nc(N)[nH]c(=O)c3n2)cc1)C(=O)O.NCCOCCOCCOCCO.Nc1nc2ncc(CNc3ccc(C(=O)NC(CCC(=O)NCCOCCOCCOCCO)C(=O)O)cc3)nc2c(=O)[nH]1.Nc1nc2ncc(CNc3ccc(C(=O)NC(CCC(=O)O)C(=O)O)cc3)nc2c(=O)[nH]1. The molecule has 0 aliphatic carbocycles. The fourth-order valence-corrected chi connectivity index (χ4v) is 11.1. The molecule has 6 aromatic heterocycles. The predicted octanol–water partition coefficient (Wildman–Crippen LogP) is -2.34. The van der Waals surface area contributed by atoms with E-state index in [1.807, 2.05) is 0 Å². The van der Waals surface area contributed by atoms with Crippen molar-refractivity contribution in [2.75, 3.05) is 192 Å². The molecule has 140 heavy (non-hydrogen) atoms. The molecule has 3 atom stereocenters. The Bertz CT molecular complexity index is 5560. The van der Waals surface area contributed by atoms with E-state index < -0.39 is 82.4 Å². The van der Waals surface area contributed by atoms with Crippen LogP contribution in [-0.2, 0) is 105 Å². The van der Waals surface area contributed by atoms with Gasteiger partial charge >= 0.3 is 29.8 Å². The molecule has 0 fully saturated rings. The topological polar surface area (TPSA) is 837 Å². The third-order valence-corrected chi connectivity index (χ3v) is 17.7. The lowest BCUT2D eigenvalue weighted by Crippen LogP contribution is -2.41. The van der Waals surface area contributed by atoms with Crippen molar-refractivity contribution in [1.29, 1.82) is 0 Å². The zero-order valence-electron chi connectivity index (χ0n) is 76.5. The van der Waals surface area contributed by atoms with Crippen LogP contribution in [0.2, 0.25) is 0 Å². The number of aromatic amines is 3. The van der Waals surface area contributed by atoms with E-state index in [9.17, 15) is 72.5 Å². The third-order valence-electron chi connectivity index (χ3n) is 17.7. The molecular formula is C85H116N24O31. The van der Waals surface area contributed by atoms with Crippen LogP contribution in [0.1, 0.15) is 101 Å². The van der Waals surface area contributed by atoms with Crippen LogP contribution in [0.3, 0.4) is 0 Å². The molecule has 0 aliphatic rings. The standard InChI is InChI=1S/C29H38N8O10.C27H36N8O9.C19H19N7O6.C8H19NO4.C2H4O2/c1-18(38)47-15-14-46-13-12-45-11-10-44-9-8-31-23(39)7-6-22(28(42)43)35-26(40)19-2-4-20(5-3-19)32-16-21-17-33-25-24(34-21)27(41)37-29(30)36-25;28-27-34-23-22(25(39)35-27)32-19(16-31-23)15-30-18-3-1-17(2-4-18)24(38)33-20(26(40)41)5-6-21(37)29-7-9-42-11-13-44-14-12-43-10-8-36;20-19-25-15-14(17(30)26-19)23-11(8-22-15)7-21-10-3-1-9(2-4-10)16(29)24-12(18(31)32)5-6-13(27)28;9-1-3-11-5-7-13-8-6-12-4-2-10;1-2(3)4/h2-5,17,22,32H,6-16H2,1H3,(H,31,39)(H,35,40)(H,42,43)(H3,30,33,36,37,41);1-4,16,20,30,36H,5-15H2,(H,29,37)(H,33,38)(H,40,41)(H3,28,31,34,35,39);1-4,8,12,21H,5-7H2,(H,24,29)(H,27,28)(H,31,32)(H3,20,22,25,26,30);10H,1-9H2;1H3,(H,3,4). The number of anilines is 6. The average molecular weight is 1970 g/mol. The van der Waals surface area contributed by atoms with Crippen molar-refractivity contribution < 1.29 is 136 Å². The maximum absolute atomic E-state index is 12.7. The number of aromatic nitrogens is 12. The van der Waals surface area contributed by atoms with Crippen molar-refractivity contribution in [3.05, 3.63) is 156 Å². The highest BCUT2D eigenvalue weighted by atomic mass is 16.6. The van der Waals surface area contributed by atoms with E-state index in [2.05, 4.69) is 102 Å². The summed E-state index contributed by atoms with van der Waals surface area (Å²) in [5.74, 6) is -8.96. The molecule has 3 unspecified atom stereocenters. The molecule has 55 heteroatoms. The zero-order valence-corrected chi connectivity index (χ0v) is 76.5. The van der Waals surface area contributed by atoms with E-state index in [4.69, 9.17) is 101 Å². The van der Waals surface area contributed by atoms with Crippen molar-refractivity contribution >= 4 is 134 Å². The van der Waals surface area contributed by atoms with Gasteiger partial charge in [0, 0.05) is 86.5 Å². The van der Waals surface area contributed by atoms with E-state index in [1.165, 1.54) is 61.9 Å². The number of aliphatic carboxylic acids is 5. The first-order chi connectivity index (χ1) is 67.2. The molecule has 3 aromatic carbocycles. The van der Waals surface area contributed by atoms with Gasteiger partial charge in [0.25, 0.3) is 40.4 Å². The molecule has 0 saturated carbocycles. The Hall–Kier alpha value is -15.2. The van der Waals surface area contributed by atoms with Crippen LogP contribution in [0.5, 0.6) is 0 Å². The minimum absolute atomic E-state index is 0.0392. The number of hydrogen-bond acceptors (Lipinski definition) is 42. The van der Waals surface area contributed by atoms with Crippen molar-refractivity contribution in [2.45, 2.75) is 90.1 Å². The lowest BCUT2D eigenvalue weighted by atomic mass is 10.1. The Kier molecular flexibility index (Phi) is 54.6. The molecule has 55 nitrogen and oxygen atoms in total. The number of aliphatic hydroxyl groups excluding tert-OH is 2. The van der Waals surface area contributed by atoms with Crippen LogP contribution >= 0.6 is 0 Å². The number of esters is 1. The zero-order chi connectivity index (χ0) is 102. The van der Waals surface area contributed by atoms with Gasteiger partial charge in [-0.15, -0.1) is 0 Å². The average Bonchev–Trinajstić information content (AvgIpc) is 0.816. The first-order valence-corrected chi connectivity index (χ1v) is 43.1. The molecule has 0 bridgehead atoms. The van der Waals surface area contributed by atoms with Gasteiger partial charge in [0.1, 0.15) is 24.7 Å². The molecule has 0 aliphatic heterocycles. The quantitative estimate of drug-likeness (QED) is 0.0140. The highest BCUT2D eigenvalue weighted by Gasteiger charge is 2.26. The lowest BCUT2D eigenvalue weighted by molar-refractivity contribution is -0.143. The number of nitrogen functional groups attached to an aromatic ring is 3. The fraction of sp³-hybridized carbons (Fsp3) is 0.447. The van der Waals surface area contributed by atoms with Gasteiger partial charge in [-0.2, -0.15) is 15.0 Å². The summed E-state index contributed by atoms with van der Waals surface area (Å²) in [5.41, 5.74) is 24.7. The predicted molar refractivity (Wildman–Crippen MR) is 497 cm³/mol. The van der Waals surface area contributed by atoms with E-state index in [0.29, 0.717) is 140 Å². The molecule has 9 aromatic rings. The van der Waals surface area contributed by atoms with Gasteiger partial charge in [-0.05, 0) is 92.1 Å². The third kappa shape index (κ3) is 48.0. The summed E-state index contributed by atoms with van der Waals surface area (Å²) < 4.78 is 51.5. The minimum Gasteiger partial charge on any atom is -0.481 e. The number of hydrogen-bond donors (Lipinski definition) is 22. The van der Waals surface area contributed by atoms with E-state index in [1.54, 1.807) is 36.4 Å². The maximum atomic E-state index is 12.7. The summed E-state index contributed by atoms with van der Waals surface area (Å²) in [4.78, 5) is 207. The number of carbonyl (C=O) groups is 11. The van der Waals surface area contributed by atoms with Crippen LogP contribution in [0.15, 0.2) is 106 Å². The van der Waals surface area contributed by atoms with Crippen molar-refractivity contribution in [3.8, 4) is 0 Å². The number of fused-ring (bicyclic) bond motifs is 3. The summed E-state index contributed by atoms with van der Waals surface area (Å²) in [6.07, 6.45) is 3.32. The maximum Gasteiger partial charge on any atom is 0.326 e. The summed E-state index contributed by atoms with van der Waals surface area (Å²) in [6.45, 7) is 11.2. The number of carbonyl (C=O) groups excluding carboxylic acids is 6. The second-order valence-electron chi connectivity index (χ2n) is 28.7. The number of nitrogens with zero attached hydrogens (tertiary/aromatic N) is 9. The minimum atomic E-state index is -1.31. The molecule has 6 heterocycles. The molecule has 0 saturated heterocycles. The number of aliphatic hydroxyl groups is 2. The molecule has 5 amide bonds. The van der Waals surface area contributed by atoms with E-state index in [-0.39, 0.29) is 197 Å². The Labute approximate surface area is 796 Å². The Morgan fingerprint density at radius 1 is 0.364 bits per heavy atom. The second-order valence-corrected chi connectivity index (χ2v) is 28.7. The Balaban J connectivity index is 0.000000345. The molecule has 762 valence electrons. The van der Waals surface area contributed by atoms with Gasteiger partial charge in [-0.25, -0.2) is 44.3 Å². The second kappa shape index (κ2) is 66.3. The first-order valence-electron chi connectivity index (χ1n) is 43.1. The van der Waals surface area contributed by atoms with Gasteiger partial charge in [-0.3, -0.25) is 67.7 Å².